The molecule has 3 nitrogen and oxygen atoms in total. The van der Waals surface area contributed by atoms with Crippen LogP contribution in [0.25, 0.3) is 0 Å². The predicted octanol–water partition coefficient (Wildman–Crippen LogP) is 1.95. The zero-order valence-electron chi connectivity index (χ0n) is 7.20. The van der Waals surface area contributed by atoms with Crippen molar-refractivity contribution >= 4 is 6.21 Å². The van der Waals surface area contributed by atoms with Gasteiger partial charge in [0, 0.05) is 31.2 Å². The predicted molar refractivity (Wildman–Crippen MR) is 50.2 cm³/mol. The summed E-state index contributed by atoms with van der Waals surface area (Å²) in [6.45, 7) is 1.90. The van der Waals surface area contributed by atoms with Gasteiger partial charge in [-0.05, 0) is 13.3 Å². The molecule has 12 heavy (non-hydrogen) atoms. The summed E-state index contributed by atoms with van der Waals surface area (Å²) < 4.78 is 0. The number of hydrogen-bond acceptors (Lipinski definition) is 2. The Labute approximate surface area is 72.3 Å². The maximum Gasteiger partial charge on any atom is 0.106 e. The van der Waals surface area contributed by atoms with Crippen molar-refractivity contribution in [3.05, 3.63) is 30.5 Å². The minimum absolute atomic E-state index is 0.947. The van der Waals surface area contributed by atoms with Gasteiger partial charge in [0.15, 0.2) is 0 Å². The summed E-state index contributed by atoms with van der Waals surface area (Å²) in [6, 6.07) is 0. The van der Waals surface area contributed by atoms with Crippen molar-refractivity contribution in [1.29, 1.82) is 0 Å². The van der Waals surface area contributed by atoms with Crippen LogP contribution in [-0.4, -0.2) is 16.2 Å². The number of nitrogens with one attached hydrogen (secondary N) is 1. The van der Waals surface area contributed by atoms with Gasteiger partial charge >= 0.3 is 0 Å². The number of allylic oxidation sites excluding steroid dienone is 1. The van der Waals surface area contributed by atoms with E-state index >= 15 is 0 Å². The van der Waals surface area contributed by atoms with Crippen LogP contribution in [0.15, 0.2) is 29.7 Å². The number of imidazole rings is 1. The fourth-order valence-corrected chi connectivity index (χ4v) is 0.876. The van der Waals surface area contributed by atoms with Gasteiger partial charge in [-0.3, -0.25) is 4.99 Å². The summed E-state index contributed by atoms with van der Waals surface area (Å²) in [5, 5.41) is 0. The first-order chi connectivity index (χ1) is 5.93. The average molecular weight is 163 g/mol. The Kier molecular flexibility index (Phi) is 3.84. The number of aryl methyl sites for hydroxylation is 1. The van der Waals surface area contributed by atoms with Crippen LogP contribution in [0.3, 0.4) is 0 Å². The van der Waals surface area contributed by atoms with E-state index in [1.165, 1.54) is 0 Å². The lowest BCUT2D eigenvalue weighted by molar-refractivity contribution is 0.908. The Hall–Kier alpha value is -1.38. The van der Waals surface area contributed by atoms with Crippen molar-refractivity contribution in [3.8, 4) is 0 Å². The molecule has 1 rings (SSSR count). The molecule has 0 spiro atoms. The van der Waals surface area contributed by atoms with Crippen molar-refractivity contribution < 1.29 is 0 Å². The number of H-pyrrole nitrogens is 1. The molecule has 0 aliphatic heterocycles. The molecular formula is C9H13N3. The molecule has 1 N–H and O–H groups in total. The van der Waals surface area contributed by atoms with E-state index in [0.717, 1.165) is 18.7 Å². The van der Waals surface area contributed by atoms with Crippen LogP contribution in [0, 0.1) is 0 Å². The van der Waals surface area contributed by atoms with Crippen molar-refractivity contribution in [2.24, 2.45) is 4.99 Å². The number of aromatic amines is 1. The lowest BCUT2D eigenvalue weighted by Crippen LogP contribution is -1.84. The van der Waals surface area contributed by atoms with Gasteiger partial charge in [0.05, 0.1) is 0 Å². The molecule has 64 valence electrons. The molecule has 0 aromatic carbocycles. The molecule has 0 fully saturated rings. The Morgan fingerprint density at radius 1 is 1.67 bits per heavy atom. The molecule has 0 radical (unpaired) electrons. The molecule has 0 saturated heterocycles. The van der Waals surface area contributed by atoms with Crippen LogP contribution >= 0.6 is 0 Å². The molecule has 3 heteroatoms. The summed E-state index contributed by atoms with van der Waals surface area (Å²) in [7, 11) is 0. The first kappa shape index (κ1) is 8.71. The minimum Gasteiger partial charge on any atom is -0.349 e. The quantitative estimate of drug-likeness (QED) is 0.677. The molecule has 1 aromatic heterocycles. The fourth-order valence-electron chi connectivity index (χ4n) is 0.876. The third-order valence-corrected chi connectivity index (χ3v) is 1.44. The van der Waals surface area contributed by atoms with Crippen LogP contribution in [0.5, 0.6) is 0 Å². The molecule has 0 atom stereocenters. The fraction of sp³-hybridized carbons (Fsp3) is 0.333. The first-order valence-electron chi connectivity index (χ1n) is 4.04. The van der Waals surface area contributed by atoms with Crippen LogP contribution in [0.1, 0.15) is 19.2 Å². The van der Waals surface area contributed by atoms with Crippen LogP contribution in [0.2, 0.25) is 0 Å². The number of nitrogens with zero attached hydrogens (tertiary/aromatic N) is 2. The number of aliphatic imine (C=N–C) groups is 1. The second-order valence-electron chi connectivity index (χ2n) is 2.37. The van der Waals surface area contributed by atoms with E-state index in [0.29, 0.717) is 0 Å². The molecule has 0 aliphatic rings. The van der Waals surface area contributed by atoms with Gasteiger partial charge in [0.25, 0.3) is 0 Å². The smallest absolute Gasteiger partial charge is 0.106 e. The maximum atomic E-state index is 4.11. The molecule has 1 aromatic rings. The summed E-state index contributed by atoms with van der Waals surface area (Å²) in [5.74, 6) is 1.03. The minimum atomic E-state index is 0.947. The largest absolute Gasteiger partial charge is 0.349 e. The molecule has 0 saturated carbocycles. The monoisotopic (exact) mass is 163 g/mol. The van der Waals surface area contributed by atoms with E-state index in [2.05, 4.69) is 15.0 Å². The van der Waals surface area contributed by atoms with E-state index in [1.807, 2.05) is 25.4 Å². The molecule has 1 heterocycles. The van der Waals surface area contributed by atoms with E-state index in [4.69, 9.17) is 0 Å². The number of rotatable bonds is 4. The SMILES string of the molecule is C/C=N\C=C/CCc1ncc[nH]1. The summed E-state index contributed by atoms with van der Waals surface area (Å²) in [4.78, 5) is 11.1. The van der Waals surface area contributed by atoms with E-state index < -0.39 is 0 Å². The van der Waals surface area contributed by atoms with Crippen LogP contribution < -0.4 is 0 Å². The lowest BCUT2D eigenvalue weighted by atomic mass is 10.3. The van der Waals surface area contributed by atoms with Gasteiger partial charge < -0.3 is 4.98 Å². The highest BCUT2D eigenvalue weighted by Crippen LogP contribution is 1.95. The van der Waals surface area contributed by atoms with Crippen LogP contribution in [0.4, 0.5) is 0 Å². The Balaban J connectivity index is 2.19. The first-order valence-corrected chi connectivity index (χ1v) is 4.04. The van der Waals surface area contributed by atoms with E-state index in [1.54, 1.807) is 12.4 Å². The molecular weight excluding hydrogens is 150 g/mol. The van der Waals surface area contributed by atoms with Crippen molar-refractivity contribution in [2.45, 2.75) is 19.8 Å². The molecule has 0 unspecified atom stereocenters. The van der Waals surface area contributed by atoms with Crippen LogP contribution in [-0.2, 0) is 6.42 Å². The van der Waals surface area contributed by atoms with Gasteiger partial charge in [0.1, 0.15) is 5.82 Å². The third-order valence-electron chi connectivity index (χ3n) is 1.44. The molecule has 0 bridgehead atoms. The Morgan fingerprint density at radius 3 is 3.25 bits per heavy atom. The summed E-state index contributed by atoms with van der Waals surface area (Å²) in [6.07, 6.45) is 11.1. The zero-order valence-corrected chi connectivity index (χ0v) is 7.20. The highest BCUT2D eigenvalue weighted by Gasteiger charge is 1.89. The second kappa shape index (κ2) is 5.29. The number of hydrogen-bond donors (Lipinski definition) is 1. The van der Waals surface area contributed by atoms with Gasteiger partial charge in [-0.1, -0.05) is 6.08 Å². The topological polar surface area (TPSA) is 41.0 Å². The van der Waals surface area contributed by atoms with Gasteiger partial charge in [0.2, 0.25) is 0 Å². The van der Waals surface area contributed by atoms with E-state index in [9.17, 15) is 0 Å². The van der Waals surface area contributed by atoms with Crippen molar-refractivity contribution in [2.75, 3.05) is 0 Å². The normalized spacial score (nSPS) is 11.8. The standard InChI is InChI=1S/C9H13N3/c1-2-10-6-4-3-5-9-11-7-8-12-9/h2,4,6-8H,3,5H2,1H3,(H,11,12)/b6-4-,10-2-. The highest BCUT2D eigenvalue weighted by molar-refractivity contribution is 5.54. The second-order valence-corrected chi connectivity index (χ2v) is 2.37. The lowest BCUT2D eigenvalue weighted by Gasteiger charge is -1.88. The maximum absolute atomic E-state index is 4.11. The van der Waals surface area contributed by atoms with Crippen molar-refractivity contribution in [1.82, 2.24) is 9.97 Å². The zero-order chi connectivity index (χ0) is 8.65. The summed E-state index contributed by atoms with van der Waals surface area (Å²) in [5.41, 5.74) is 0. The number of aromatic nitrogens is 2. The van der Waals surface area contributed by atoms with E-state index in [-0.39, 0.29) is 0 Å². The van der Waals surface area contributed by atoms with Crippen molar-refractivity contribution in [3.63, 3.8) is 0 Å². The molecule has 0 aliphatic carbocycles. The molecule has 0 amide bonds. The average Bonchev–Trinajstić information content (AvgIpc) is 2.57. The Bertz CT molecular complexity index is 247. The third kappa shape index (κ3) is 3.14. The highest BCUT2D eigenvalue weighted by atomic mass is 14.9. The van der Waals surface area contributed by atoms with Gasteiger partial charge in [-0.25, -0.2) is 4.98 Å². The van der Waals surface area contributed by atoms with Gasteiger partial charge in [-0.2, -0.15) is 0 Å². The summed E-state index contributed by atoms with van der Waals surface area (Å²) >= 11 is 0. The Morgan fingerprint density at radius 2 is 2.58 bits per heavy atom. The van der Waals surface area contributed by atoms with Gasteiger partial charge in [-0.15, -0.1) is 0 Å².